The molecule has 0 spiro atoms. The molecular weight excluding hydrogens is 224 g/mol. The first-order valence-electron chi connectivity index (χ1n) is 5.96. The highest BCUT2D eigenvalue weighted by Crippen LogP contribution is 2.31. The van der Waals surface area contributed by atoms with Crippen LogP contribution in [-0.2, 0) is 0 Å². The molecule has 2 unspecified atom stereocenters. The Morgan fingerprint density at radius 1 is 1.33 bits per heavy atom. The Kier molecular flexibility index (Phi) is 3.58. The number of hydrogen-bond acceptors (Lipinski definition) is 2. The highest BCUT2D eigenvalue weighted by Gasteiger charge is 2.37. The Morgan fingerprint density at radius 2 is 2.06 bits per heavy atom. The summed E-state index contributed by atoms with van der Waals surface area (Å²) in [5, 5.41) is 10.5. The monoisotopic (exact) mass is 240 g/mol. The van der Waals surface area contributed by atoms with Gasteiger partial charge in [-0.05, 0) is 6.42 Å². The fourth-order valence-corrected chi connectivity index (χ4v) is 2.19. The minimum Gasteiger partial charge on any atom is -0.384 e. The smallest absolute Gasteiger partial charge is 0.172 e. The summed E-state index contributed by atoms with van der Waals surface area (Å²) in [6.45, 7) is 3.64. The Balaban J connectivity index is 2.31. The molecule has 0 heterocycles. The quantitative estimate of drug-likeness (QED) is 0.649. The number of aliphatic hydroxyl groups is 1. The third kappa shape index (κ3) is 2.34. The Morgan fingerprint density at radius 3 is 2.72 bits per heavy atom. The Hall–Kier alpha value is -1.93. The topological polar surface area (TPSA) is 37.3 Å². The van der Waals surface area contributed by atoms with E-state index in [1.54, 1.807) is 42.5 Å². The highest BCUT2D eigenvalue weighted by atomic mass is 16.3. The first kappa shape index (κ1) is 12.5. The van der Waals surface area contributed by atoms with E-state index < -0.39 is 11.5 Å². The average Bonchev–Trinajstić information content (AvgIpc) is 2.39. The molecule has 2 rings (SSSR count). The molecule has 18 heavy (non-hydrogen) atoms. The lowest BCUT2D eigenvalue weighted by Crippen LogP contribution is -2.40. The van der Waals surface area contributed by atoms with Gasteiger partial charge in [0.25, 0.3) is 0 Å². The number of carbonyl (C=O) groups excluding carboxylic acids is 1. The maximum atomic E-state index is 12.4. The van der Waals surface area contributed by atoms with Crippen molar-refractivity contribution < 1.29 is 9.90 Å². The van der Waals surface area contributed by atoms with Gasteiger partial charge in [0.05, 0.1) is 11.5 Å². The van der Waals surface area contributed by atoms with E-state index in [2.05, 4.69) is 6.58 Å². The van der Waals surface area contributed by atoms with Crippen molar-refractivity contribution >= 4 is 5.78 Å². The van der Waals surface area contributed by atoms with E-state index in [1.165, 1.54) is 0 Å². The molecule has 0 amide bonds. The van der Waals surface area contributed by atoms with E-state index in [1.807, 2.05) is 18.2 Å². The molecule has 1 aromatic carbocycles. The van der Waals surface area contributed by atoms with Crippen molar-refractivity contribution in [2.45, 2.75) is 12.0 Å². The van der Waals surface area contributed by atoms with Crippen molar-refractivity contribution in [3.05, 3.63) is 72.9 Å². The van der Waals surface area contributed by atoms with Crippen LogP contribution in [0.3, 0.4) is 0 Å². The van der Waals surface area contributed by atoms with Crippen LogP contribution in [0.1, 0.15) is 16.8 Å². The minimum atomic E-state index is -1.16. The zero-order valence-corrected chi connectivity index (χ0v) is 10.1. The predicted octanol–water partition coefficient (Wildman–Crippen LogP) is 2.92. The lowest BCUT2D eigenvalue weighted by molar-refractivity contribution is 0.0424. The third-order valence-corrected chi connectivity index (χ3v) is 3.15. The molecular formula is C16H16O2. The van der Waals surface area contributed by atoms with Gasteiger partial charge in [0.2, 0.25) is 0 Å². The van der Waals surface area contributed by atoms with E-state index in [-0.39, 0.29) is 5.78 Å². The Labute approximate surface area is 107 Å². The van der Waals surface area contributed by atoms with Gasteiger partial charge in [-0.3, -0.25) is 4.79 Å². The molecule has 2 nitrogen and oxygen atoms in total. The maximum Gasteiger partial charge on any atom is 0.172 e. The second-order valence-corrected chi connectivity index (χ2v) is 4.44. The zero-order valence-electron chi connectivity index (χ0n) is 10.1. The van der Waals surface area contributed by atoms with Crippen LogP contribution in [0.15, 0.2) is 67.3 Å². The SMILES string of the molecule is C=CCC1(O)C=CC=CC1C(=O)c1ccccc1. The summed E-state index contributed by atoms with van der Waals surface area (Å²) in [7, 11) is 0. The van der Waals surface area contributed by atoms with Gasteiger partial charge in [-0.25, -0.2) is 0 Å². The van der Waals surface area contributed by atoms with E-state index in [0.29, 0.717) is 12.0 Å². The van der Waals surface area contributed by atoms with Gasteiger partial charge >= 0.3 is 0 Å². The summed E-state index contributed by atoms with van der Waals surface area (Å²) in [5.74, 6) is -0.622. The molecule has 1 aromatic rings. The largest absolute Gasteiger partial charge is 0.384 e. The van der Waals surface area contributed by atoms with Gasteiger partial charge in [0, 0.05) is 5.56 Å². The number of ketones is 1. The third-order valence-electron chi connectivity index (χ3n) is 3.15. The van der Waals surface area contributed by atoms with Crippen molar-refractivity contribution in [1.29, 1.82) is 0 Å². The van der Waals surface area contributed by atoms with Crippen molar-refractivity contribution in [1.82, 2.24) is 0 Å². The first-order valence-corrected chi connectivity index (χ1v) is 5.96. The number of hydrogen-bond donors (Lipinski definition) is 1. The first-order chi connectivity index (χ1) is 8.67. The fraction of sp³-hybridized carbons (Fsp3) is 0.188. The van der Waals surface area contributed by atoms with Gasteiger partial charge in [0.1, 0.15) is 0 Å². The van der Waals surface area contributed by atoms with Crippen LogP contribution >= 0.6 is 0 Å². The molecule has 0 saturated carbocycles. The van der Waals surface area contributed by atoms with Crippen LogP contribution in [0.4, 0.5) is 0 Å². The summed E-state index contributed by atoms with van der Waals surface area (Å²) in [6.07, 6.45) is 8.96. The second kappa shape index (κ2) is 5.15. The van der Waals surface area contributed by atoms with Crippen LogP contribution in [0, 0.1) is 5.92 Å². The van der Waals surface area contributed by atoms with Crippen LogP contribution in [0.2, 0.25) is 0 Å². The normalized spacial score (nSPS) is 25.9. The van der Waals surface area contributed by atoms with Crippen molar-refractivity contribution in [2.24, 2.45) is 5.92 Å². The highest BCUT2D eigenvalue weighted by molar-refractivity contribution is 6.00. The summed E-state index contributed by atoms with van der Waals surface area (Å²) < 4.78 is 0. The molecule has 0 bridgehead atoms. The summed E-state index contributed by atoms with van der Waals surface area (Å²) >= 11 is 0. The van der Waals surface area contributed by atoms with Gasteiger partial charge in [-0.15, -0.1) is 6.58 Å². The standard InChI is InChI=1S/C16H16O2/c1-2-11-16(18)12-7-6-10-14(16)15(17)13-8-4-3-5-9-13/h2-10,12,14,18H,1,11H2. The average molecular weight is 240 g/mol. The second-order valence-electron chi connectivity index (χ2n) is 4.44. The molecule has 1 aliphatic rings. The number of rotatable bonds is 4. The van der Waals surface area contributed by atoms with Crippen LogP contribution in [0.25, 0.3) is 0 Å². The van der Waals surface area contributed by atoms with Crippen molar-refractivity contribution in [2.75, 3.05) is 0 Å². The van der Waals surface area contributed by atoms with Crippen molar-refractivity contribution in [3.63, 3.8) is 0 Å². The molecule has 1 N–H and O–H groups in total. The van der Waals surface area contributed by atoms with E-state index >= 15 is 0 Å². The van der Waals surface area contributed by atoms with Crippen LogP contribution in [-0.4, -0.2) is 16.5 Å². The summed E-state index contributed by atoms with van der Waals surface area (Å²) in [6, 6.07) is 9.04. The number of carbonyl (C=O) groups is 1. The van der Waals surface area contributed by atoms with E-state index in [4.69, 9.17) is 0 Å². The molecule has 1 aliphatic carbocycles. The number of benzene rings is 1. The maximum absolute atomic E-state index is 12.4. The molecule has 0 aliphatic heterocycles. The van der Waals surface area contributed by atoms with Crippen LogP contribution < -0.4 is 0 Å². The Bertz CT molecular complexity index is 499. The summed E-state index contributed by atoms with van der Waals surface area (Å²) in [5.41, 5.74) is -0.548. The summed E-state index contributed by atoms with van der Waals surface area (Å²) in [4.78, 5) is 12.4. The lowest BCUT2D eigenvalue weighted by atomic mass is 9.77. The molecule has 0 fully saturated rings. The molecule has 0 aromatic heterocycles. The molecule has 2 atom stereocenters. The van der Waals surface area contributed by atoms with E-state index in [0.717, 1.165) is 0 Å². The molecule has 0 saturated heterocycles. The van der Waals surface area contributed by atoms with E-state index in [9.17, 15) is 9.90 Å². The fourth-order valence-electron chi connectivity index (χ4n) is 2.19. The number of Topliss-reactive ketones (excluding diaryl/α,β-unsaturated/α-hetero) is 1. The zero-order chi connectivity index (χ0) is 13.0. The lowest BCUT2D eigenvalue weighted by Gasteiger charge is -2.31. The van der Waals surface area contributed by atoms with Crippen LogP contribution in [0.5, 0.6) is 0 Å². The molecule has 2 heteroatoms. The van der Waals surface area contributed by atoms with Gasteiger partial charge < -0.3 is 5.11 Å². The van der Waals surface area contributed by atoms with Gasteiger partial charge in [-0.1, -0.05) is 60.7 Å². The van der Waals surface area contributed by atoms with Crippen molar-refractivity contribution in [3.8, 4) is 0 Å². The number of allylic oxidation sites excluding steroid dienone is 2. The van der Waals surface area contributed by atoms with Gasteiger partial charge in [0.15, 0.2) is 5.78 Å². The molecule has 0 radical (unpaired) electrons. The molecule has 92 valence electrons. The predicted molar refractivity (Wildman–Crippen MR) is 72.3 cm³/mol. The van der Waals surface area contributed by atoms with Gasteiger partial charge in [-0.2, -0.15) is 0 Å². The minimum absolute atomic E-state index is 0.0689.